The zero-order valence-electron chi connectivity index (χ0n) is 22.6. The molecule has 0 N–H and O–H groups in total. The van der Waals surface area contributed by atoms with Crippen LogP contribution in [0.4, 0.5) is 0 Å². The van der Waals surface area contributed by atoms with Crippen molar-refractivity contribution in [1.82, 2.24) is 9.80 Å². The highest BCUT2D eigenvalue weighted by atomic mass is 16.5. The molecule has 39 heavy (non-hydrogen) atoms. The average molecular weight is 527 g/mol. The SMILES string of the molecule is O=Cc1ccc2c(c1)CN(CC/C=C/c1cccc(C3(C(=O)O[C@H]4CN5CCC4CC5)CCCCC3)c1)C2=O. The van der Waals surface area contributed by atoms with Gasteiger partial charge in [0, 0.05) is 30.8 Å². The smallest absolute Gasteiger partial charge is 0.316 e. The molecule has 0 unspecified atom stereocenters. The first-order valence-corrected chi connectivity index (χ1v) is 14.6. The molecule has 2 bridgehead atoms. The lowest BCUT2D eigenvalue weighted by Crippen LogP contribution is -2.53. The number of ether oxygens (including phenoxy) is 1. The lowest BCUT2D eigenvalue weighted by molar-refractivity contribution is -0.167. The van der Waals surface area contributed by atoms with Crippen molar-refractivity contribution in [2.75, 3.05) is 26.2 Å². The maximum absolute atomic E-state index is 13.8. The third kappa shape index (κ3) is 5.19. The van der Waals surface area contributed by atoms with Gasteiger partial charge < -0.3 is 9.64 Å². The van der Waals surface area contributed by atoms with E-state index in [4.69, 9.17) is 4.74 Å². The third-order valence-electron chi connectivity index (χ3n) is 9.41. The van der Waals surface area contributed by atoms with Gasteiger partial charge in [-0.3, -0.25) is 19.3 Å². The number of piperidine rings is 3. The minimum absolute atomic E-state index is 0.0214. The first-order valence-electron chi connectivity index (χ1n) is 14.6. The molecule has 6 heteroatoms. The van der Waals surface area contributed by atoms with Crippen LogP contribution in [0.2, 0.25) is 0 Å². The zero-order valence-corrected chi connectivity index (χ0v) is 22.6. The van der Waals surface area contributed by atoms with Crippen molar-refractivity contribution in [3.63, 3.8) is 0 Å². The predicted molar refractivity (Wildman–Crippen MR) is 150 cm³/mol. The number of carbonyl (C=O) groups excluding carboxylic acids is 3. The fraction of sp³-hybridized carbons (Fsp3) is 0.485. The monoisotopic (exact) mass is 526 g/mol. The summed E-state index contributed by atoms with van der Waals surface area (Å²) in [4.78, 5) is 41.9. The number of rotatable bonds is 8. The van der Waals surface area contributed by atoms with Crippen LogP contribution in [0.25, 0.3) is 6.08 Å². The minimum atomic E-state index is -0.553. The summed E-state index contributed by atoms with van der Waals surface area (Å²) in [6.07, 6.45) is 13.0. The Balaban J connectivity index is 1.12. The first-order chi connectivity index (χ1) is 19.1. The largest absolute Gasteiger partial charge is 0.460 e. The fourth-order valence-electron chi connectivity index (χ4n) is 7.11. The second kappa shape index (κ2) is 11.1. The Morgan fingerprint density at radius 2 is 1.85 bits per heavy atom. The van der Waals surface area contributed by atoms with Gasteiger partial charge in [-0.2, -0.15) is 0 Å². The molecule has 4 aliphatic heterocycles. The molecule has 0 spiro atoms. The molecule has 1 amide bonds. The van der Waals surface area contributed by atoms with E-state index in [2.05, 4.69) is 41.3 Å². The number of hydrogen-bond acceptors (Lipinski definition) is 5. The van der Waals surface area contributed by atoms with Gasteiger partial charge in [0.05, 0.1) is 5.41 Å². The van der Waals surface area contributed by atoms with Crippen LogP contribution in [0.5, 0.6) is 0 Å². The van der Waals surface area contributed by atoms with Crippen LogP contribution in [-0.4, -0.2) is 60.2 Å². The molecular formula is C33H38N2O4. The van der Waals surface area contributed by atoms with Crippen molar-refractivity contribution >= 4 is 24.2 Å². The number of amides is 1. The highest BCUT2D eigenvalue weighted by molar-refractivity contribution is 5.99. The Morgan fingerprint density at radius 3 is 2.59 bits per heavy atom. The Hall–Kier alpha value is -3.25. The van der Waals surface area contributed by atoms with Crippen molar-refractivity contribution < 1.29 is 19.1 Å². The van der Waals surface area contributed by atoms with Gasteiger partial charge in [0.1, 0.15) is 12.4 Å². The topological polar surface area (TPSA) is 66.9 Å². The Bertz CT molecular complexity index is 1270. The molecule has 6 nitrogen and oxygen atoms in total. The van der Waals surface area contributed by atoms with E-state index in [1.807, 2.05) is 11.0 Å². The van der Waals surface area contributed by atoms with E-state index in [0.717, 1.165) is 87.6 Å². The standard InChI is InChI=1S/C33H38N2O4/c36-23-25-10-11-29-27(19-25)21-35(31(29)37)16-5-2-7-24-8-6-9-28(20-24)33(14-3-1-4-15-33)32(38)39-30-22-34-17-12-26(30)13-18-34/h2,6-11,19-20,23,26,30H,1,3-5,12-18,21-22H2/b7-2+/t30-/m0/s1. The van der Waals surface area contributed by atoms with Crippen LogP contribution >= 0.6 is 0 Å². The summed E-state index contributed by atoms with van der Waals surface area (Å²) < 4.78 is 6.31. The van der Waals surface area contributed by atoms with Gasteiger partial charge >= 0.3 is 5.97 Å². The summed E-state index contributed by atoms with van der Waals surface area (Å²) >= 11 is 0. The highest BCUT2D eigenvalue weighted by Crippen LogP contribution is 2.42. The summed E-state index contributed by atoms with van der Waals surface area (Å²) in [6.45, 7) is 4.33. The maximum atomic E-state index is 13.8. The molecule has 5 aliphatic rings. The second-order valence-corrected chi connectivity index (χ2v) is 11.8. The predicted octanol–water partition coefficient (Wildman–Crippen LogP) is 5.40. The number of fused-ring (bicyclic) bond motifs is 4. The summed E-state index contributed by atoms with van der Waals surface area (Å²) in [5, 5.41) is 0. The van der Waals surface area contributed by atoms with Gasteiger partial charge in [0.25, 0.3) is 5.91 Å². The van der Waals surface area contributed by atoms with E-state index in [0.29, 0.717) is 30.1 Å². The minimum Gasteiger partial charge on any atom is -0.460 e. The van der Waals surface area contributed by atoms with Crippen molar-refractivity contribution in [1.29, 1.82) is 0 Å². The molecule has 204 valence electrons. The van der Waals surface area contributed by atoms with E-state index in [-0.39, 0.29) is 18.0 Å². The van der Waals surface area contributed by atoms with Crippen molar-refractivity contribution in [3.8, 4) is 0 Å². The normalized spacial score (nSPS) is 25.6. The molecule has 4 fully saturated rings. The van der Waals surface area contributed by atoms with Crippen molar-refractivity contribution in [3.05, 3.63) is 76.4 Å². The quantitative estimate of drug-likeness (QED) is 0.341. The molecule has 3 saturated heterocycles. The Morgan fingerprint density at radius 1 is 1.03 bits per heavy atom. The van der Waals surface area contributed by atoms with Crippen LogP contribution in [0.3, 0.4) is 0 Å². The Labute approximate surface area is 231 Å². The number of nitrogens with zero attached hydrogens (tertiary/aromatic N) is 2. The molecule has 2 aromatic rings. The molecule has 0 radical (unpaired) electrons. The van der Waals surface area contributed by atoms with Gasteiger partial charge in [-0.1, -0.05) is 61.7 Å². The first kappa shape index (κ1) is 26.0. The van der Waals surface area contributed by atoms with Crippen LogP contribution in [0, 0.1) is 5.92 Å². The number of carbonyl (C=O) groups is 3. The van der Waals surface area contributed by atoms with E-state index in [1.165, 1.54) is 6.42 Å². The van der Waals surface area contributed by atoms with Gasteiger partial charge in [-0.15, -0.1) is 0 Å². The van der Waals surface area contributed by atoms with Crippen molar-refractivity contribution in [2.45, 2.75) is 69.4 Å². The molecule has 1 saturated carbocycles. The van der Waals surface area contributed by atoms with Crippen molar-refractivity contribution in [2.24, 2.45) is 5.92 Å². The van der Waals surface area contributed by atoms with Gasteiger partial charge in [0.15, 0.2) is 0 Å². The molecule has 1 atom stereocenters. The lowest BCUT2D eigenvalue weighted by atomic mass is 9.69. The summed E-state index contributed by atoms with van der Waals surface area (Å²) in [5.74, 6) is 0.515. The van der Waals surface area contributed by atoms with E-state index < -0.39 is 5.41 Å². The number of benzene rings is 2. The highest BCUT2D eigenvalue weighted by Gasteiger charge is 2.45. The van der Waals surface area contributed by atoms with Crippen LogP contribution < -0.4 is 0 Å². The molecule has 4 heterocycles. The second-order valence-electron chi connectivity index (χ2n) is 11.8. The average Bonchev–Trinajstić information content (AvgIpc) is 3.30. The van der Waals surface area contributed by atoms with E-state index >= 15 is 0 Å². The maximum Gasteiger partial charge on any atom is 0.316 e. The van der Waals surface area contributed by atoms with E-state index in [9.17, 15) is 14.4 Å². The summed E-state index contributed by atoms with van der Waals surface area (Å²) in [5.41, 5.74) is 3.81. The van der Waals surface area contributed by atoms with Gasteiger partial charge in [-0.05, 0) is 79.9 Å². The third-order valence-corrected chi connectivity index (χ3v) is 9.41. The molecule has 2 aromatic carbocycles. The van der Waals surface area contributed by atoms with E-state index in [1.54, 1.807) is 12.1 Å². The van der Waals surface area contributed by atoms with Crippen LogP contribution in [-0.2, 0) is 21.5 Å². The molecule has 7 rings (SSSR count). The molecule has 0 aromatic heterocycles. The lowest BCUT2D eigenvalue weighted by Gasteiger charge is -2.45. The van der Waals surface area contributed by atoms with Crippen LogP contribution in [0.1, 0.15) is 88.8 Å². The Kier molecular flexibility index (Phi) is 7.39. The molecule has 1 aliphatic carbocycles. The summed E-state index contributed by atoms with van der Waals surface area (Å²) in [6, 6.07) is 13.7. The van der Waals surface area contributed by atoms with Gasteiger partial charge in [0.2, 0.25) is 0 Å². The summed E-state index contributed by atoms with van der Waals surface area (Å²) in [7, 11) is 0. The fourth-order valence-corrected chi connectivity index (χ4v) is 7.11. The van der Waals surface area contributed by atoms with Gasteiger partial charge in [-0.25, -0.2) is 0 Å². The van der Waals surface area contributed by atoms with Crippen LogP contribution in [0.15, 0.2) is 48.5 Å². The molecular weight excluding hydrogens is 488 g/mol. The number of aldehydes is 1. The number of hydrogen-bond donors (Lipinski definition) is 0. The zero-order chi connectivity index (χ0) is 26.8. The number of esters is 1.